The van der Waals surface area contributed by atoms with Crippen LogP contribution < -0.4 is 24.4 Å². The Labute approximate surface area is 256 Å². The number of rotatable bonds is 7. The van der Waals surface area contributed by atoms with Crippen molar-refractivity contribution in [3.63, 3.8) is 0 Å². The Morgan fingerprint density at radius 1 is 0.977 bits per heavy atom. The van der Waals surface area contributed by atoms with Gasteiger partial charge in [-0.1, -0.05) is 84.1 Å². The lowest BCUT2D eigenvalue weighted by atomic mass is 9.83. The molecule has 1 aliphatic heterocycles. The number of hydrogen-bond acceptors (Lipinski definition) is 7. The van der Waals surface area contributed by atoms with Gasteiger partial charge in [0.15, 0.2) is 16.3 Å². The van der Waals surface area contributed by atoms with E-state index < -0.39 is 11.0 Å². The second-order valence-corrected chi connectivity index (χ2v) is 11.7. The van der Waals surface area contributed by atoms with Gasteiger partial charge in [-0.25, -0.2) is 4.99 Å². The number of ether oxygens (including phenoxy) is 2. The molecule has 0 saturated heterocycles. The first-order chi connectivity index (χ1) is 21.5. The fraction of sp³-hybridized carbons (Fsp3) is 0.143. The zero-order valence-electron chi connectivity index (χ0n) is 23.8. The predicted molar refractivity (Wildman–Crippen MR) is 170 cm³/mol. The molecule has 9 heteroatoms. The summed E-state index contributed by atoms with van der Waals surface area (Å²) >= 11 is 1.31. The van der Waals surface area contributed by atoms with Crippen molar-refractivity contribution in [3.8, 4) is 11.5 Å². The first-order valence-corrected chi connectivity index (χ1v) is 15.0. The molecule has 0 spiro atoms. The monoisotopic (exact) mass is 601 g/mol. The van der Waals surface area contributed by atoms with E-state index in [9.17, 15) is 14.9 Å². The second-order valence-electron chi connectivity index (χ2n) is 10.7. The van der Waals surface area contributed by atoms with Crippen molar-refractivity contribution in [3.05, 3.63) is 160 Å². The van der Waals surface area contributed by atoms with Gasteiger partial charge in [-0.2, -0.15) is 0 Å². The molecule has 0 N–H and O–H groups in total. The Morgan fingerprint density at radius 3 is 2.61 bits per heavy atom. The largest absolute Gasteiger partial charge is 0.493 e. The number of nitro benzene ring substituents is 1. The molecule has 218 valence electrons. The molecule has 7 rings (SSSR count). The molecule has 4 aromatic carbocycles. The third kappa shape index (κ3) is 5.01. The lowest BCUT2D eigenvalue weighted by Crippen LogP contribution is -2.38. The first-order valence-electron chi connectivity index (χ1n) is 14.2. The Morgan fingerprint density at radius 2 is 1.80 bits per heavy atom. The fourth-order valence-electron chi connectivity index (χ4n) is 5.91. The van der Waals surface area contributed by atoms with E-state index in [1.165, 1.54) is 23.0 Å². The maximum Gasteiger partial charge on any atom is 0.271 e. The highest BCUT2D eigenvalue weighted by molar-refractivity contribution is 7.07. The number of thiazole rings is 1. The maximum absolute atomic E-state index is 14.1. The van der Waals surface area contributed by atoms with Crippen molar-refractivity contribution in [2.75, 3.05) is 7.11 Å². The summed E-state index contributed by atoms with van der Waals surface area (Å²) in [6, 6.07) is 29.7. The maximum atomic E-state index is 14.1. The van der Waals surface area contributed by atoms with E-state index >= 15 is 0 Å². The summed E-state index contributed by atoms with van der Waals surface area (Å²) in [5.41, 5.74) is 6.38. The first kappa shape index (κ1) is 27.5. The normalized spacial score (nSPS) is 15.6. The number of benzene rings is 4. The van der Waals surface area contributed by atoms with Crippen LogP contribution in [0.1, 0.15) is 40.3 Å². The smallest absolute Gasteiger partial charge is 0.271 e. The standard InChI is InChI=1S/C35H27N3O5S/c1-42-30-18-23(14-17-29(30)43-21-22-8-3-2-4-9-22)19-31-34(39)37-33(25-11-7-12-26(20-25)38(40)41)28-16-15-24-10-5-6-13-27(24)32(28)36-35(37)44-31/h2-14,17-20,33H,15-16,21H2,1H3/b31-19+/t33-/m1/s1. The Hall–Kier alpha value is -5.28. The summed E-state index contributed by atoms with van der Waals surface area (Å²) in [5.74, 6) is 1.16. The predicted octanol–water partition coefficient (Wildman–Crippen LogP) is 5.81. The summed E-state index contributed by atoms with van der Waals surface area (Å²) in [7, 11) is 1.59. The van der Waals surface area contributed by atoms with E-state index in [2.05, 4.69) is 12.1 Å². The summed E-state index contributed by atoms with van der Waals surface area (Å²) in [6.07, 6.45) is 3.34. The molecule has 0 bridgehead atoms. The van der Waals surface area contributed by atoms with Crippen molar-refractivity contribution in [1.29, 1.82) is 0 Å². The molecule has 2 heterocycles. The minimum atomic E-state index is -0.500. The van der Waals surface area contributed by atoms with Gasteiger partial charge >= 0.3 is 0 Å². The van der Waals surface area contributed by atoms with Gasteiger partial charge in [0.1, 0.15) is 6.61 Å². The molecule has 0 saturated carbocycles. The quantitative estimate of drug-likeness (QED) is 0.173. The minimum Gasteiger partial charge on any atom is -0.493 e. The average Bonchev–Trinajstić information content (AvgIpc) is 3.37. The zero-order chi connectivity index (χ0) is 30.2. The Balaban J connectivity index is 1.33. The zero-order valence-corrected chi connectivity index (χ0v) is 24.6. The van der Waals surface area contributed by atoms with Crippen LogP contribution in [0.25, 0.3) is 11.8 Å². The van der Waals surface area contributed by atoms with Crippen molar-refractivity contribution >= 4 is 28.8 Å². The minimum absolute atomic E-state index is 0.0124. The number of aryl methyl sites for hydroxylation is 1. The number of aromatic nitrogens is 1. The van der Waals surface area contributed by atoms with Crippen LogP contribution in [0.3, 0.4) is 0 Å². The van der Waals surface area contributed by atoms with E-state index in [1.807, 2.05) is 72.8 Å². The van der Waals surface area contributed by atoms with Crippen LogP contribution in [-0.2, 0) is 13.0 Å². The lowest BCUT2D eigenvalue weighted by Gasteiger charge is -2.30. The topological polar surface area (TPSA) is 96.0 Å². The van der Waals surface area contributed by atoms with E-state index in [0.717, 1.165) is 34.4 Å². The van der Waals surface area contributed by atoms with Crippen molar-refractivity contribution in [1.82, 2.24) is 4.57 Å². The number of allylic oxidation sites excluding steroid dienone is 1. The third-order valence-corrected chi connectivity index (χ3v) is 8.98. The molecule has 8 nitrogen and oxygen atoms in total. The van der Waals surface area contributed by atoms with Crippen LogP contribution in [0.2, 0.25) is 0 Å². The number of non-ortho nitro benzene ring substituents is 1. The molecule has 1 aliphatic carbocycles. The molecular weight excluding hydrogens is 574 g/mol. The summed E-state index contributed by atoms with van der Waals surface area (Å²) in [6.45, 7) is 0.403. The van der Waals surface area contributed by atoms with Crippen molar-refractivity contribution < 1.29 is 14.4 Å². The second kappa shape index (κ2) is 11.4. The number of hydrogen-bond donors (Lipinski definition) is 0. The Bertz CT molecular complexity index is 2130. The van der Waals surface area contributed by atoms with E-state index in [0.29, 0.717) is 39.4 Å². The van der Waals surface area contributed by atoms with Gasteiger partial charge in [0.25, 0.3) is 11.2 Å². The Kier molecular flexibility index (Phi) is 7.15. The summed E-state index contributed by atoms with van der Waals surface area (Å²) in [5, 5.41) is 11.7. The highest BCUT2D eigenvalue weighted by atomic mass is 32.1. The van der Waals surface area contributed by atoms with Gasteiger partial charge in [0, 0.05) is 17.7 Å². The fourth-order valence-corrected chi connectivity index (χ4v) is 6.91. The molecular formula is C35H27N3O5S. The molecule has 0 fully saturated rings. The molecule has 2 aliphatic rings. The number of fused-ring (bicyclic) bond motifs is 3. The van der Waals surface area contributed by atoms with Gasteiger partial charge in [0.2, 0.25) is 0 Å². The number of nitrogens with zero attached hydrogens (tertiary/aromatic N) is 3. The lowest BCUT2D eigenvalue weighted by molar-refractivity contribution is -0.384. The number of methoxy groups -OCH3 is 1. The van der Waals surface area contributed by atoms with Crippen LogP contribution >= 0.6 is 11.3 Å². The van der Waals surface area contributed by atoms with Crippen LogP contribution in [0, 0.1) is 10.1 Å². The molecule has 1 atom stereocenters. The molecule has 5 aromatic rings. The van der Waals surface area contributed by atoms with Gasteiger partial charge in [0.05, 0.1) is 28.3 Å². The highest BCUT2D eigenvalue weighted by Gasteiger charge is 2.33. The van der Waals surface area contributed by atoms with Crippen LogP contribution in [0.5, 0.6) is 11.5 Å². The molecule has 1 aromatic heterocycles. The van der Waals surface area contributed by atoms with Gasteiger partial charge in [-0.15, -0.1) is 0 Å². The van der Waals surface area contributed by atoms with Crippen LogP contribution in [0.15, 0.2) is 112 Å². The van der Waals surface area contributed by atoms with E-state index in [-0.39, 0.29) is 11.2 Å². The highest BCUT2D eigenvalue weighted by Crippen LogP contribution is 2.41. The number of nitro groups is 1. The molecule has 44 heavy (non-hydrogen) atoms. The third-order valence-electron chi connectivity index (χ3n) is 7.99. The van der Waals surface area contributed by atoms with Gasteiger partial charge < -0.3 is 9.47 Å². The molecule has 0 unspecified atom stereocenters. The van der Waals surface area contributed by atoms with E-state index in [4.69, 9.17) is 14.5 Å². The van der Waals surface area contributed by atoms with Crippen LogP contribution in [0.4, 0.5) is 5.69 Å². The summed E-state index contributed by atoms with van der Waals surface area (Å²) in [4.78, 5) is 31.0. The average molecular weight is 602 g/mol. The van der Waals surface area contributed by atoms with Gasteiger partial charge in [-0.3, -0.25) is 19.5 Å². The van der Waals surface area contributed by atoms with E-state index in [1.54, 1.807) is 23.8 Å². The van der Waals surface area contributed by atoms with Crippen molar-refractivity contribution in [2.45, 2.75) is 25.5 Å². The molecule has 0 radical (unpaired) electrons. The van der Waals surface area contributed by atoms with Crippen molar-refractivity contribution in [2.24, 2.45) is 4.99 Å². The SMILES string of the molecule is COc1cc(/C=c2/sc3n(c2=O)[C@H](c2cccc([N+](=O)[O-])c2)C2=C(N=3)c3ccccc3CC2)ccc1OCc1ccccc1. The van der Waals surface area contributed by atoms with Crippen LogP contribution in [-0.4, -0.2) is 16.6 Å². The molecule has 0 amide bonds. The van der Waals surface area contributed by atoms with Gasteiger partial charge in [-0.05, 0) is 58.9 Å². The summed E-state index contributed by atoms with van der Waals surface area (Å²) < 4.78 is 13.8.